The van der Waals surface area contributed by atoms with Crippen molar-refractivity contribution in [1.82, 2.24) is 9.88 Å². The topological polar surface area (TPSA) is 33.2 Å². The molecule has 2 heterocycles. The molecule has 1 aromatic heterocycles. The summed E-state index contributed by atoms with van der Waals surface area (Å²) < 4.78 is 0. The lowest BCUT2D eigenvalue weighted by Gasteiger charge is -2.32. The van der Waals surface area contributed by atoms with E-state index in [0.29, 0.717) is 17.7 Å². The summed E-state index contributed by atoms with van der Waals surface area (Å²) in [5.74, 6) is 1.52. The average Bonchev–Trinajstić information content (AvgIpc) is 3.12. The second kappa shape index (κ2) is 6.04. The molecule has 3 nitrogen and oxygen atoms in total. The van der Waals surface area contributed by atoms with E-state index in [9.17, 15) is 4.79 Å². The van der Waals surface area contributed by atoms with Crippen LogP contribution in [0.25, 0.3) is 0 Å². The summed E-state index contributed by atoms with van der Waals surface area (Å²) in [6.45, 7) is 1.84. The highest BCUT2D eigenvalue weighted by atomic mass is 32.1. The maximum atomic E-state index is 12.4. The Labute approximate surface area is 119 Å². The van der Waals surface area contributed by atoms with Crippen LogP contribution in [0.1, 0.15) is 55.9 Å². The molecular weight excluding hydrogens is 256 g/mol. The number of nitrogens with zero attached hydrogens (tertiary/aromatic N) is 2. The van der Waals surface area contributed by atoms with E-state index in [1.54, 1.807) is 11.3 Å². The Hall–Kier alpha value is -0.900. The molecule has 2 aliphatic rings. The van der Waals surface area contributed by atoms with Gasteiger partial charge in [-0.15, -0.1) is 11.3 Å². The lowest BCUT2D eigenvalue weighted by molar-refractivity contribution is -0.133. The van der Waals surface area contributed by atoms with E-state index in [4.69, 9.17) is 0 Å². The largest absolute Gasteiger partial charge is 0.342 e. The van der Waals surface area contributed by atoms with Gasteiger partial charge in [0.1, 0.15) is 0 Å². The first-order chi connectivity index (χ1) is 9.33. The van der Waals surface area contributed by atoms with E-state index in [2.05, 4.69) is 9.88 Å². The van der Waals surface area contributed by atoms with Crippen molar-refractivity contribution >= 4 is 17.2 Å². The number of likely N-dealkylation sites (tertiary alicyclic amines) is 1. The highest BCUT2D eigenvalue weighted by molar-refractivity contribution is 7.09. The van der Waals surface area contributed by atoms with E-state index < -0.39 is 0 Å². The van der Waals surface area contributed by atoms with E-state index >= 15 is 0 Å². The summed E-state index contributed by atoms with van der Waals surface area (Å²) in [5, 5.41) is 3.24. The minimum atomic E-state index is 0.383. The van der Waals surface area contributed by atoms with Crippen LogP contribution in [0.5, 0.6) is 0 Å². The van der Waals surface area contributed by atoms with E-state index in [1.165, 1.54) is 37.1 Å². The Morgan fingerprint density at radius 1 is 1.32 bits per heavy atom. The van der Waals surface area contributed by atoms with Crippen LogP contribution in [-0.2, 0) is 4.79 Å². The second-order valence-electron chi connectivity index (χ2n) is 5.90. The van der Waals surface area contributed by atoms with Crippen molar-refractivity contribution in [2.45, 2.75) is 50.9 Å². The summed E-state index contributed by atoms with van der Waals surface area (Å²) in [6.07, 6.45) is 10.1. The van der Waals surface area contributed by atoms with Crippen molar-refractivity contribution in [2.75, 3.05) is 13.1 Å². The van der Waals surface area contributed by atoms with Gasteiger partial charge in [-0.05, 0) is 31.6 Å². The molecule has 0 aromatic carbocycles. The molecule has 0 unspecified atom stereocenters. The first-order valence-electron chi connectivity index (χ1n) is 7.50. The van der Waals surface area contributed by atoms with Crippen LogP contribution in [0.4, 0.5) is 0 Å². The molecule has 1 saturated carbocycles. The fourth-order valence-corrected chi connectivity index (χ4v) is 4.20. The molecule has 1 amide bonds. The smallest absolute Gasteiger partial charge is 0.222 e. The number of carbonyl (C=O) groups is 1. The second-order valence-corrected chi connectivity index (χ2v) is 6.83. The highest BCUT2D eigenvalue weighted by Gasteiger charge is 2.28. The molecule has 0 radical (unpaired) electrons. The van der Waals surface area contributed by atoms with Crippen LogP contribution < -0.4 is 0 Å². The molecule has 0 N–H and O–H groups in total. The van der Waals surface area contributed by atoms with Crippen LogP contribution in [0.15, 0.2) is 11.6 Å². The van der Waals surface area contributed by atoms with Gasteiger partial charge in [-0.3, -0.25) is 4.79 Å². The van der Waals surface area contributed by atoms with Crippen molar-refractivity contribution in [3.8, 4) is 0 Å². The number of thiazole rings is 1. The Kier molecular flexibility index (Phi) is 4.16. The molecule has 1 atom stereocenters. The third-order valence-electron chi connectivity index (χ3n) is 4.51. The van der Waals surface area contributed by atoms with Crippen LogP contribution in [0, 0.1) is 5.92 Å². The number of hydrogen-bond acceptors (Lipinski definition) is 3. The maximum Gasteiger partial charge on any atom is 0.222 e. The van der Waals surface area contributed by atoms with Gasteiger partial charge in [0.15, 0.2) is 0 Å². The van der Waals surface area contributed by atoms with Gasteiger partial charge >= 0.3 is 0 Å². The van der Waals surface area contributed by atoms with Crippen molar-refractivity contribution in [3.63, 3.8) is 0 Å². The highest BCUT2D eigenvalue weighted by Crippen LogP contribution is 2.31. The minimum absolute atomic E-state index is 0.383. The third-order valence-corrected chi connectivity index (χ3v) is 5.45. The van der Waals surface area contributed by atoms with Gasteiger partial charge < -0.3 is 4.90 Å². The molecule has 0 spiro atoms. The number of amides is 1. The van der Waals surface area contributed by atoms with E-state index in [-0.39, 0.29) is 0 Å². The SMILES string of the molecule is O=C(CC1CCCC1)N1CCC[C@@H](c2nccs2)C1. The molecule has 0 bridgehead atoms. The summed E-state index contributed by atoms with van der Waals surface area (Å²) in [6, 6.07) is 0. The van der Waals surface area contributed by atoms with Crippen molar-refractivity contribution in [3.05, 3.63) is 16.6 Å². The molecular formula is C15H22N2OS. The third kappa shape index (κ3) is 3.16. The Bertz CT molecular complexity index is 412. The number of aromatic nitrogens is 1. The standard InChI is InChI=1S/C15H22N2OS/c18-14(10-12-4-1-2-5-12)17-8-3-6-13(11-17)15-16-7-9-19-15/h7,9,12-13H,1-6,8,10-11H2/t13-/m1/s1. The van der Waals surface area contributed by atoms with Crippen molar-refractivity contribution in [2.24, 2.45) is 5.92 Å². The quantitative estimate of drug-likeness (QED) is 0.848. The first kappa shape index (κ1) is 13.1. The Balaban J connectivity index is 1.56. The monoisotopic (exact) mass is 278 g/mol. The van der Waals surface area contributed by atoms with Gasteiger partial charge in [0.25, 0.3) is 0 Å². The molecule has 2 fully saturated rings. The van der Waals surface area contributed by atoms with E-state index in [0.717, 1.165) is 25.9 Å². The molecule has 104 valence electrons. The molecule has 4 heteroatoms. The first-order valence-corrected chi connectivity index (χ1v) is 8.38. The van der Waals surface area contributed by atoms with E-state index in [1.807, 2.05) is 11.6 Å². The summed E-state index contributed by atoms with van der Waals surface area (Å²) in [7, 11) is 0. The fourth-order valence-electron chi connectivity index (χ4n) is 3.43. The number of piperidine rings is 1. The summed E-state index contributed by atoms with van der Waals surface area (Å²) in [5.41, 5.74) is 0. The summed E-state index contributed by atoms with van der Waals surface area (Å²) >= 11 is 1.73. The Morgan fingerprint density at radius 2 is 2.16 bits per heavy atom. The molecule has 1 saturated heterocycles. The summed E-state index contributed by atoms with van der Waals surface area (Å²) in [4.78, 5) is 18.9. The molecule has 1 aliphatic heterocycles. The predicted octanol–water partition coefficient (Wildman–Crippen LogP) is 3.43. The minimum Gasteiger partial charge on any atom is -0.342 e. The van der Waals surface area contributed by atoms with Gasteiger partial charge in [-0.25, -0.2) is 4.98 Å². The van der Waals surface area contributed by atoms with Crippen molar-refractivity contribution in [1.29, 1.82) is 0 Å². The Morgan fingerprint density at radius 3 is 2.89 bits per heavy atom. The normalized spacial score (nSPS) is 24.8. The van der Waals surface area contributed by atoms with Crippen LogP contribution >= 0.6 is 11.3 Å². The molecule has 1 aliphatic carbocycles. The van der Waals surface area contributed by atoms with Gasteiger partial charge in [0.2, 0.25) is 5.91 Å². The zero-order chi connectivity index (χ0) is 13.1. The average molecular weight is 278 g/mol. The van der Waals surface area contributed by atoms with Crippen LogP contribution in [-0.4, -0.2) is 28.9 Å². The lowest BCUT2D eigenvalue weighted by Crippen LogP contribution is -2.39. The van der Waals surface area contributed by atoms with Crippen molar-refractivity contribution < 1.29 is 4.79 Å². The molecule has 19 heavy (non-hydrogen) atoms. The maximum absolute atomic E-state index is 12.4. The van der Waals surface area contributed by atoms with Gasteiger partial charge in [-0.2, -0.15) is 0 Å². The van der Waals surface area contributed by atoms with Gasteiger partial charge in [0.05, 0.1) is 5.01 Å². The lowest BCUT2D eigenvalue weighted by atomic mass is 9.97. The van der Waals surface area contributed by atoms with Gasteiger partial charge in [-0.1, -0.05) is 12.8 Å². The molecule has 1 aromatic rings. The van der Waals surface area contributed by atoms with Crippen LogP contribution in [0.2, 0.25) is 0 Å². The molecule has 3 rings (SSSR count). The predicted molar refractivity (Wildman–Crippen MR) is 77.2 cm³/mol. The number of hydrogen-bond donors (Lipinski definition) is 0. The number of rotatable bonds is 3. The fraction of sp³-hybridized carbons (Fsp3) is 0.733. The van der Waals surface area contributed by atoms with Gasteiger partial charge in [0, 0.05) is 37.0 Å². The zero-order valence-electron chi connectivity index (χ0n) is 11.4. The van der Waals surface area contributed by atoms with Crippen LogP contribution in [0.3, 0.4) is 0 Å². The number of carbonyl (C=O) groups excluding carboxylic acids is 1. The zero-order valence-corrected chi connectivity index (χ0v) is 12.2.